The number of amides is 4. The summed E-state index contributed by atoms with van der Waals surface area (Å²) in [6.45, 7) is 3.60. The quantitative estimate of drug-likeness (QED) is 0.0769. The predicted molar refractivity (Wildman–Crippen MR) is 181 cm³/mol. The normalized spacial score (nSPS) is 14.0. The number of aromatic hydroxyl groups is 2. The molecule has 0 fully saturated rings. The van der Waals surface area contributed by atoms with Crippen molar-refractivity contribution in [2.75, 3.05) is 0 Å². The number of nitrogens with one attached hydrogen (secondary N) is 5. The molecule has 0 radical (unpaired) electrons. The van der Waals surface area contributed by atoms with Crippen molar-refractivity contribution in [2.24, 2.45) is 11.7 Å². The Kier molecular flexibility index (Phi) is 14.5. The molecular formula is C34H43N7O10. The molecule has 17 nitrogen and oxygen atoms in total. The first-order valence-electron chi connectivity index (χ1n) is 16.1. The molecule has 1 aromatic heterocycles. The van der Waals surface area contributed by atoms with Crippen LogP contribution in [0.4, 0.5) is 0 Å². The lowest BCUT2D eigenvalue weighted by Gasteiger charge is -2.27. The number of carboxylic acids is 2. The minimum absolute atomic E-state index is 0.0463. The fourth-order valence-corrected chi connectivity index (χ4v) is 5.05. The summed E-state index contributed by atoms with van der Waals surface area (Å²) in [6, 6.07) is 4.75. The molecule has 0 aliphatic heterocycles. The van der Waals surface area contributed by atoms with Crippen molar-refractivity contribution in [2.45, 2.75) is 76.2 Å². The van der Waals surface area contributed by atoms with Gasteiger partial charge in [0.2, 0.25) is 23.6 Å². The van der Waals surface area contributed by atoms with Crippen LogP contribution in [-0.4, -0.2) is 96.2 Å². The van der Waals surface area contributed by atoms with E-state index < -0.39 is 72.2 Å². The zero-order chi connectivity index (χ0) is 37.7. The topological polar surface area (TPSA) is 286 Å². The molecule has 0 unspecified atom stereocenters. The number of phenolic OH excluding ortho intramolecular Hbond substituents is 2. The molecule has 3 rings (SSSR count). The van der Waals surface area contributed by atoms with Crippen LogP contribution >= 0.6 is 0 Å². The molecular weight excluding hydrogens is 666 g/mol. The van der Waals surface area contributed by atoms with Crippen LogP contribution in [0.2, 0.25) is 0 Å². The van der Waals surface area contributed by atoms with Gasteiger partial charge in [0, 0.05) is 31.2 Å². The van der Waals surface area contributed by atoms with Crippen molar-refractivity contribution < 1.29 is 49.2 Å². The zero-order valence-corrected chi connectivity index (χ0v) is 28.0. The smallest absolute Gasteiger partial charge is 0.326 e. The Labute approximate surface area is 293 Å². The lowest BCUT2D eigenvalue weighted by atomic mass is 9.99. The molecule has 0 bridgehead atoms. The van der Waals surface area contributed by atoms with Gasteiger partial charge < -0.3 is 52.4 Å². The predicted octanol–water partition coefficient (Wildman–Crippen LogP) is -0.279. The highest BCUT2D eigenvalue weighted by atomic mass is 16.4. The SMILES string of the molecule is CC(C)C[C@H](NC(=O)[C@H](Cc1ccc(O)cc1)NC(=O)[C@H](Cc1ccc(O)cc1)NC(=O)[C@@H](N)CC(=O)O)C(=O)N[C@@H](Cc1cnc[nH]1)C(=O)O. The fraction of sp³-hybridized carbons (Fsp3) is 0.382. The number of imidazole rings is 1. The van der Waals surface area contributed by atoms with Gasteiger partial charge >= 0.3 is 11.9 Å². The maximum Gasteiger partial charge on any atom is 0.326 e. The monoisotopic (exact) mass is 709 g/mol. The molecule has 2 aromatic carbocycles. The second kappa shape index (κ2) is 18.7. The van der Waals surface area contributed by atoms with Crippen molar-refractivity contribution in [3.8, 4) is 11.5 Å². The van der Waals surface area contributed by atoms with E-state index in [0.717, 1.165) is 0 Å². The Morgan fingerprint density at radius 2 is 1.14 bits per heavy atom. The van der Waals surface area contributed by atoms with Gasteiger partial charge in [-0.2, -0.15) is 0 Å². The van der Waals surface area contributed by atoms with Crippen LogP contribution in [0.25, 0.3) is 0 Å². The van der Waals surface area contributed by atoms with E-state index in [0.29, 0.717) is 16.8 Å². The fourth-order valence-electron chi connectivity index (χ4n) is 5.05. The number of benzene rings is 2. The minimum atomic E-state index is -1.49. The van der Waals surface area contributed by atoms with Crippen molar-refractivity contribution in [1.29, 1.82) is 0 Å². The zero-order valence-electron chi connectivity index (χ0n) is 28.0. The van der Waals surface area contributed by atoms with Crippen molar-refractivity contribution in [3.63, 3.8) is 0 Å². The largest absolute Gasteiger partial charge is 0.508 e. The van der Waals surface area contributed by atoms with Crippen LogP contribution in [0.5, 0.6) is 11.5 Å². The van der Waals surface area contributed by atoms with Gasteiger partial charge in [-0.1, -0.05) is 38.1 Å². The van der Waals surface area contributed by atoms with Crippen LogP contribution in [-0.2, 0) is 48.0 Å². The highest BCUT2D eigenvalue weighted by Crippen LogP contribution is 2.15. The van der Waals surface area contributed by atoms with Gasteiger partial charge in [-0.05, 0) is 47.7 Å². The summed E-state index contributed by atoms with van der Waals surface area (Å²) < 4.78 is 0. The van der Waals surface area contributed by atoms with Crippen LogP contribution in [0.15, 0.2) is 61.1 Å². The summed E-state index contributed by atoms with van der Waals surface area (Å²) in [5.41, 5.74) is 7.20. The summed E-state index contributed by atoms with van der Waals surface area (Å²) >= 11 is 0. The number of carbonyl (C=O) groups excluding carboxylic acids is 4. The van der Waals surface area contributed by atoms with Gasteiger partial charge in [-0.25, -0.2) is 9.78 Å². The molecule has 11 N–H and O–H groups in total. The third kappa shape index (κ3) is 13.1. The lowest BCUT2D eigenvalue weighted by Crippen LogP contribution is -2.59. The lowest BCUT2D eigenvalue weighted by molar-refractivity contribution is -0.142. The highest BCUT2D eigenvalue weighted by Gasteiger charge is 2.33. The van der Waals surface area contributed by atoms with E-state index in [4.69, 9.17) is 10.8 Å². The van der Waals surface area contributed by atoms with E-state index in [1.54, 1.807) is 13.8 Å². The Morgan fingerprint density at radius 3 is 1.57 bits per heavy atom. The summed E-state index contributed by atoms with van der Waals surface area (Å²) in [5.74, 6) is -6.25. The molecule has 274 valence electrons. The van der Waals surface area contributed by atoms with Crippen molar-refractivity contribution in [3.05, 3.63) is 77.9 Å². The molecule has 0 saturated heterocycles. The highest BCUT2D eigenvalue weighted by molar-refractivity contribution is 5.96. The number of nitrogens with zero attached hydrogens (tertiary/aromatic N) is 1. The number of carbonyl (C=O) groups is 6. The average Bonchev–Trinajstić information content (AvgIpc) is 3.58. The Bertz CT molecular complexity index is 1650. The number of H-pyrrole nitrogens is 1. The van der Waals surface area contributed by atoms with Crippen molar-refractivity contribution >= 4 is 35.6 Å². The van der Waals surface area contributed by atoms with Crippen LogP contribution < -0.4 is 27.0 Å². The second-order valence-corrected chi connectivity index (χ2v) is 12.4. The molecule has 51 heavy (non-hydrogen) atoms. The van der Waals surface area contributed by atoms with Gasteiger partial charge in [-0.3, -0.25) is 24.0 Å². The first kappa shape index (κ1) is 39.5. The Morgan fingerprint density at radius 1 is 0.686 bits per heavy atom. The number of hydrogen-bond acceptors (Lipinski definition) is 10. The van der Waals surface area contributed by atoms with Crippen LogP contribution in [0, 0.1) is 5.92 Å². The van der Waals surface area contributed by atoms with Gasteiger partial charge in [-0.15, -0.1) is 0 Å². The third-order valence-corrected chi connectivity index (χ3v) is 7.68. The first-order valence-corrected chi connectivity index (χ1v) is 16.1. The van der Waals surface area contributed by atoms with Crippen LogP contribution in [0.1, 0.15) is 43.5 Å². The van der Waals surface area contributed by atoms with Gasteiger partial charge in [0.15, 0.2) is 0 Å². The molecule has 0 saturated carbocycles. The molecule has 0 spiro atoms. The molecule has 0 aliphatic rings. The molecule has 5 atom stereocenters. The molecule has 17 heteroatoms. The number of aliphatic carboxylic acids is 2. The van der Waals surface area contributed by atoms with E-state index in [2.05, 4.69) is 31.2 Å². The third-order valence-electron chi connectivity index (χ3n) is 7.68. The number of rotatable bonds is 19. The van der Waals surface area contributed by atoms with Gasteiger partial charge in [0.1, 0.15) is 35.7 Å². The van der Waals surface area contributed by atoms with Gasteiger partial charge in [0.25, 0.3) is 0 Å². The second-order valence-electron chi connectivity index (χ2n) is 12.4. The number of aromatic amines is 1. The summed E-state index contributed by atoms with van der Waals surface area (Å²) in [5, 5.41) is 48.5. The standard InChI is InChI=1S/C34H43N7O10/c1-18(2)11-25(31(47)41-28(34(50)51)14-21-16-36-17-37-21)39-33(49)27(13-20-5-9-23(43)10-6-20)40-32(48)26(12-19-3-7-22(42)8-4-19)38-30(46)24(35)15-29(44)45/h3-10,16-18,24-28,42-43H,11-15,35H2,1-2H3,(H,36,37)(H,38,46)(H,39,49)(H,40,48)(H,41,47)(H,44,45)(H,50,51)/t24-,25-,26-,27-,28-/m0/s1. The number of nitrogens with two attached hydrogens (primary N) is 1. The Hall–Kier alpha value is -5.97. The number of carboxylic acid groups (broad SMARTS) is 2. The molecule has 1 heterocycles. The van der Waals surface area contributed by atoms with E-state index in [9.17, 15) is 44.1 Å². The Balaban J connectivity index is 1.89. The first-order chi connectivity index (χ1) is 24.1. The molecule has 0 aliphatic carbocycles. The maximum atomic E-state index is 13.9. The minimum Gasteiger partial charge on any atom is -0.508 e. The van der Waals surface area contributed by atoms with E-state index in [1.165, 1.54) is 61.1 Å². The maximum absolute atomic E-state index is 13.9. The summed E-state index contributed by atoms with van der Waals surface area (Å²) in [6.07, 6.45) is 1.80. The molecule has 4 amide bonds. The summed E-state index contributed by atoms with van der Waals surface area (Å²) in [4.78, 5) is 83.8. The number of hydrogen-bond donors (Lipinski definition) is 10. The summed E-state index contributed by atoms with van der Waals surface area (Å²) in [7, 11) is 0. The van der Waals surface area contributed by atoms with E-state index >= 15 is 0 Å². The molecule has 3 aromatic rings. The van der Waals surface area contributed by atoms with Crippen molar-refractivity contribution in [1.82, 2.24) is 31.2 Å². The van der Waals surface area contributed by atoms with E-state index in [1.807, 2.05) is 0 Å². The number of aromatic nitrogens is 2. The van der Waals surface area contributed by atoms with Gasteiger partial charge in [0.05, 0.1) is 18.8 Å². The van der Waals surface area contributed by atoms with E-state index in [-0.39, 0.29) is 43.1 Å². The van der Waals surface area contributed by atoms with Crippen LogP contribution in [0.3, 0.4) is 0 Å². The average molecular weight is 710 g/mol. The number of phenols is 2.